The highest BCUT2D eigenvalue weighted by Gasteiger charge is 2.61. The van der Waals surface area contributed by atoms with E-state index in [-0.39, 0.29) is 23.2 Å². The van der Waals surface area contributed by atoms with E-state index in [1.54, 1.807) is 12.3 Å². The van der Waals surface area contributed by atoms with E-state index in [0.29, 0.717) is 6.61 Å². The van der Waals surface area contributed by atoms with Gasteiger partial charge < -0.3 is 9.57 Å². The standard InChI is InChI=1S/C17H27NO3/c1-8-9-20-18-11-12(2)10-13-14(17(13,6)7)15(19)21-16(3,4)5/h8,10-11,13-14H,1,9H2,2-7H3. The predicted molar refractivity (Wildman–Crippen MR) is 85.0 cm³/mol. The van der Waals surface area contributed by atoms with Crippen molar-refractivity contribution in [3.05, 3.63) is 24.3 Å². The SMILES string of the molecule is C=CCON=CC(C)=CC1C(C(=O)OC(C)(C)C)C1(C)C. The molecule has 1 fully saturated rings. The number of carbonyl (C=O) groups excluding carboxylic acids is 1. The van der Waals surface area contributed by atoms with Crippen molar-refractivity contribution in [2.45, 2.75) is 47.1 Å². The van der Waals surface area contributed by atoms with Gasteiger partial charge in [-0.25, -0.2) is 0 Å². The van der Waals surface area contributed by atoms with Gasteiger partial charge in [0.2, 0.25) is 0 Å². The molecule has 1 aliphatic carbocycles. The van der Waals surface area contributed by atoms with Crippen LogP contribution in [0.1, 0.15) is 41.5 Å². The molecule has 0 N–H and O–H groups in total. The Hall–Kier alpha value is -1.58. The normalized spacial score (nSPS) is 24.8. The highest BCUT2D eigenvalue weighted by Crippen LogP contribution is 2.60. The smallest absolute Gasteiger partial charge is 0.310 e. The van der Waals surface area contributed by atoms with Gasteiger partial charge in [-0.3, -0.25) is 4.79 Å². The van der Waals surface area contributed by atoms with E-state index in [2.05, 4.69) is 31.7 Å². The first kappa shape index (κ1) is 17.5. The number of carbonyl (C=O) groups is 1. The molecule has 0 amide bonds. The van der Waals surface area contributed by atoms with E-state index in [1.807, 2.05) is 27.7 Å². The first-order chi connectivity index (χ1) is 9.59. The Morgan fingerprint density at radius 2 is 2.00 bits per heavy atom. The number of esters is 1. The molecule has 4 heteroatoms. The summed E-state index contributed by atoms with van der Waals surface area (Å²) in [6, 6.07) is 0. The summed E-state index contributed by atoms with van der Waals surface area (Å²) < 4.78 is 5.48. The molecule has 1 aliphatic rings. The molecule has 0 radical (unpaired) electrons. The van der Waals surface area contributed by atoms with Gasteiger partial charge in [-0.05, 0) is 44.6 Å². The van der Waals surface area contributed by atoms with E-state index in [1.165, 1.54) is 0 Å². The lowest BCUT2D eigenvalue weighted by Gasteiger charge is -2.19. The van der Waals surface area contributed by atoms with E-state index in [9.17, 15) is 4.79 Å². The van der Waals surface area contributed by atoms with Crippen molar-refractivity contribution in [1.29, 1.82) is 0 Å². The molecule has 0 aromatic heterocycles. The van der Waals surface area contributed by atoms with Crippen molar-refractivity contribution in [2.75, 3.05) is 6.61 Å². The van der Waals surface area contributed by atoms with Gasteiger partial charge in [-0.15, -0.1) is 0 Å². The van der Waals surface area contributed by atoms with Crippen LogP contribution in [-0.4, -0.2) is 24.4 Å². The monoisotopic (exact) mass is 293 g/mol. The molecular weight excluding hydrogens is 266 g/mol. The van der Waals surface area contributed by atoms with E-state index < -0.39 is 5.60 Å². The minimum absolute atomic E-state index is 0.0700. The lowest BCUT2D eigenvalue weighted by molar-refractivity contribution is -0.157. The zero-order valence-corrected chi connectivity index (χ0v) is 14.0. The molecule has 1 rings (SSSR count). The van der Waals surface area contributed by atoms with Crippen LogP contribution < -0.4 is 0 Å². The molecule has 1 saturated carbocycles. The fourth-order valence-electron chi connectivity index (χ4n) is 2.35. The van der Waals surface area contributed by atoms with Crippen LogP contribution in [0, 0.1) is 17.3 Å². The summed E-state index contributed by atoms with van der Waals surface area (Å²) in [5.74, 6) is -0.0335. The molecule has 0 saturated heterocycles. The van der Waals surface area contributed by atoms with Crippen molar-refractivity contribution < 1.29 is 14.4 Å². The Morgan fingerprint density at radius 3 is 2.52 bits per heavy atom. The number of ether oxygens (including phenoxy) is 1. The van der Waals surface area contributed by atoms with Crippen LogP contribution in [0.3, 0.4) is 0 Å². The fourth-order valence-corrected chi connectivity index (χ4v) is 2.35. The van der Waals surface area contributed by atoms with Crippen molar-refractivity contribution in [2.24, 2.45) is 22.4 Å². The van der Waals surface area contributed by atoms with Crippen molar-refractivity contribution >= 4 is 12.2 Å². The number of allylic oxidation sites excluding steroid dienone is 2. The van der Waals surface area contributed by atoms with E-state index >= 15 is 0 Å². The summed E-state index contributed by atoms with van der Waals surface area (Å²) in [4.78, 5) is 17.2. The molecule has 0 aromatic rings. The first-order valence-corrected chi connectivity index (χ1v) is 7.27. The van der Waals surface area contributed by atoms with Crippen LogP contribution in [0.2, 0.25) is 0 Å². The van der Waals surface area contributed by atoms with Gasteiger partial charge in [0.15, 0.2) is 0 Å². The molecule has 0 aliphatic heterocycles. The van der Waals surface area contributed by atoms with Gasteiger partial charge in [-0.1, -0.05) is 37.7 Å². The molecule has 0 spiro atoms. The van der Waals surface area contributed by atoms with Crippen LogP contribution >= 0.6 is 0 Å². The lowest BCUT2D eigenvalue weighted by atomic mass is 10.1. The summed E-state index contributed by atoms with van der Waals surface area (Å²) in [6.07, 6.45) is 5.36. The van der Waals surface area contributed by atoms with Crippen LogP contribution in [-0.2, 0) is 14.4 Å². The zero-order chi connectivity index (χ0) is 16.3. The average molecular weight is 293 g/mol. The van der Waals surface area contributed by atoms with Crippen LogP contribution in [0.4, 0.5) is 0 Å². The van der Waals surface area contributed by atoms with Crippen molar-refractivity contribution in [1.82, 2.24) is 0 Å². The predicted octanol–water partition coefficient (Wildman–Crippen LogP) is 3.74. The quantitative estimate of drug-likeness (QED) is 0.246. The second-order valence-electron chi connectivity index (χ2n) is 7.09. The third-order valence-corrected chi connectivity index (χ3v) is 3.54. The van der Waals surface area contributed by atoms with Crippen LogP contribution in [0.25, 0.3) is 0 Å². The summed E-state index contributed by atoms with van der Waals surface area (Å²) in [6.45, 7) is 15.7. The molecule has 4 nitrogen and oxygen atoms in total. The van der Waals surface area contributed by atoms with E-state index in [4.69, 9.17) is 9.57 Å². The Bertz CT molecular complexity index is 455. The number of hydrogen-bond acceptors (Lipinski definition) is 4. The van der Waals surface area contributed by atoms with E-state index in [0.717, 1.165) is 5.57 Å². The summed E-state index contributed by atoms with van der Waals surface area (Å²) in [5.41, 5.74) is 0.460. The number of rotatable bonds is 6. The Balaban J connectivity index is 2.65. The molecule has 0 aromatic carbocycles. The molecule has 2 unspecified atom stereocenters. The Kier molecular flexibility index (Phi) is 5.37. The summed E-state index contributed by atoms with van der Waals surface area (Å²) in [7, 11) is 0. The maximum absolute atomic E-state index is 12.2. The second kappa shape index (κ2) is 6.46. The third-order valence-electron chi connectivity index (χ3n) is 3.54. The highest BCUT2D eigenvalue weighted by molar-refractivity contribution is 5.81. The minimum atomic E-state index is -0.445. The van der Waals surface area contributed by atoms with Gasteiger partial charge in [0.1, 0.15) is 12.2 Å². The second-order valence-corrected chi connectivity index (χ2v) is 7.09. The maximum Gasteiger partial charge on any atom is 0.310 e. The van der Waals surface area contributed by atoms with Crippen LogP contribution in [0.5, 0.6) is 0 Å². The van der Waals surface area contributed by atoms with Crippen molar-refractivity contribution in [3.63, 3.8) is 0 Å². The number of hydrogen-bond donors (Lipinski definition) is 0. The lowest BCUT2D eigenvalue weighted by Crippen LogP contribution is -2.26. The topological polar surface area (TPSA) is 47.9 Å². The Morgan fingerprint density at radius 1 is 1.38 bits per heavy atom. The molecule has 118 valence electrons. The molecule has 2 atom stereocenters. The highest BCUT2D eigenvalue weighted by atomic mass is 16.6. The van der Waals surface area contributed by atoms with Crippen LogP contribution in [0.15, 0.2) is 29.5 Å². The number of nitrogens with zero attached hydrogens (tertiary/aromatic N) is 1. The summed E-state index contributed by atoms with van der Waals surface area (Å²) >= 11 is 0. The van der Waals surface area contributed by atoms with Gasteiger partial charge >= 0.3 is 5.97 Å². The third kappa shape index (κ3) is 5.03. The van der Waals surface area contributed by atoms with Gasteiger partial charge in [0.25, 0.3) is 0 Å². The minimum Gasteiger partial charge on any atom is -0.460 e. The van der Waals surface area contributed by atoms with Gasteiger partial charge in [0, 0.05) is 0 Å². The largest absolute Gasteiger partial charge is 0.460 e. The molecule has 0 bridgehead atoms. The first-order valence-electron chi connectivity index (χ1n) is 7.27. The molecule has 0 heterocycles. The maximum atomic E-state index is 12.2. The van der Waals surface area contributed by atoms with Gasteiger partial charge in [0.05, 0.1) is 12.1 Å². The van der Waals surface area contributed by atoms with Crippen molar-refractivity contribution in [3.8, 4) is 0 Å². The zero-order valence-electron chi connectivity index (χ0n) is 14.0. The fraction of sp³-hybridized carbons (Fsp3) is 0.647. The van der Waals surface area contributed by atoms with Gasteiger partial charge in [-0.2, -0.15) is 0 Å². The summed E-state index contributed by atoms with van der Waals surface area (Å²) in [5, 5.41) is 3.84. The molecular formula is C17H27NO3. The molecule has 21 heavy (non-hydrogen) atoms. The Labute approximate surface area is 127 Å². The number of oxime groups is 1. The average Bonchev–Trinajstić information content (AvgIpc) is 2.84.